The van der Waals surface area contributed by atoms with Crippen LogP contribution in [0.4, 0.5) is 11.4 Å². The van der Waals surface area contributed by atoms with Gasteiger partial charge in [0.25, 0.3) is 5.91 Å². The van der Waals surface area contributed by atoms with Gasteiger partial charge in [0.15, 0.2) is 0 Å². The first-order valence-electron chi connectivity index (χ1n) is 9.70. The molecule has 0 saturated heterocycles. The number of nitrogens with one attached hydrogen (secondary N) is 1. The summed E-state index contributed by atoms with van der Waals surface area (Å²) in [7, 11) is 0. The molecule has 0 fully saturated rings. The van der Waals surface area contributed by atoms with Crippen molar-refractivity contribution in [2.75, 3.05) is 11.1 Å². The number of fused-ring (bicyclic) bond motifs is 3. The molecular weight excluding hydrogens is 366 g/mol. The Hall–Kier alpha value is -2.92. The first-order chi connectivity index (χ1) is 13.7. The van der Waals surface area contributed by atoms with E-state index in [0.29, 0.717) is 10.6 Å². The topological polar surface area (TPSA) is 68.0 Å². The van der Waals surface area contributed by atoms with Gasteiger partial charge >= 0.3 is 0 Å². The number of amides is 1. The van der Waals surface area contributed by atoms with E-state index in [2.05, 4.69) is 17.4 Å². The van der Waals surface area contributed by atoms with Crippen LogP contribution in [-0.2, 0) is 12.8 Å². The number of hydrogen-bond donors (Lipinski definition) is 2. The van der Waals surface area contributed by atoms with Gasteiger partial charge in [-0.3, -0.25) is 4.79 Å². The predicted molar refractivity (Wildman–Crippen MR) is 117 cm³/mol. The van der Waals surface area contributed by atoms with Crippen LogP contribution in [0.15, 0.2) is 48.5 Å². The molecule has 0 atom stereocenters. The highest BCUT2D eigenvalue weighted by atomic mass is 32.1. The number of nitrogens with zero attached hydrogens (tertiary/aromatic N) is 1. The summed E-state index contributed by atoms with van der Waals surface area (Å²) in [4.78, 5) is 19.2. The number of carbonyl (C=O) groups is 1. The van der Waals surface area contributed by atoms with Crippen molar-refractivity contribution < 1.29 is 4.79 Å². The number of aryl methyl sites for hydroxylation is 2. The maximum absolute atomic E-state index is 12.9. The molecule has 0 radical (unpaired) electrons. The molecular formula is C23H21N3OS. The van der Waals surface area contributed by atoms with Gasteiger partial charge in [-0.05, 0) is 60.2 Å². The second kappa shape index (κ2) is 6.91. The second-order valence-electron chi connectivity index (χ2n) is 7.37. The van der Waals surface area contributed by atoms with E-state index in [1.54, 1.807) is 0 Å². The maximum atomic E-state index is 12.9. The van der Waals surface area contributed by atoms with Crippen molar-refractivity contribution in [1.29, 1.82) is 0 Å². The number of nitrogens with two attached hydrogens (primary N) is 1. The number of nitrogen functional groups attached to an aromatic ring is 1. The van der Waals surface area contributed by atoms with Crippen LogP contribution in [0.1, 0.15) is 40.2 Å². The van der Waals surface area contributed by atoms with Crippen molar-refractivity contribution >= 4 is 49.6 Å². The number of anilines is 2. The number of rotatable bonds is 2. The zero-order chi connectivity index (χ0) is 19.1. The molecule has 1 aliphatic rings. The van der Waals surface area contributed by atoms with Crippen LogP contribution in [-0.4, -0.2) is 10.9 Å². The Morgan fingerprint density at radius 3 is 2.71 bits per heavy atom. The van der Waals surface area contributed by atoms with Crippen LogP contribution in [0.25, 0.3) is 21.0 Å². The van der Waals surface area contributed by atoms with Crippen molar-refractivity contribution in [2.45, 2.75) is 32.1 Å². The summed E-state index contributed by atoms with van der Waals surface area (Å²) >= 11 is 1.39. The minimum atomic E-state index is -0.175. The van der Waals surface area contributed by atoms with E-state index in [4.69, 9.17) is 10.7 Å². The van der Waals surface area contributed by atoms with Gasteiger partial charge in [0.2, 0.25) is 0 Å². The fourth-order valence-electron chi connectivity index (χ4n) is 3.96. The lowest BCUT2D eigenvalue weighted by Gasteiger charge is -2.06. The molecule has 2 aromatic heterocycles. The Bertz CT molecular complexity index is 1210. The zero-order valence-electron chi connectivity index (χ0n) is 15.5. The van der Waals surface area contributed by atoms with Gasteiger partial charge in [-0.25, -0.2) is 4.98 Å². The molecule has 1 aliphatic carbocycles. The molecule has 140 valence electrons. The van der Waals surface area contributed by atoms with Gasteiger partial charge < -0.3 is 11.1 Å². The van der Waals surface area contributed by atoms with Crippen molar-refractivity contribution in [3.05, 3.63) is 64.7 Å². The van der Waals surface area contributed by atoms with Crippen LogP contribution in [0, 0.1) is 0 Å². The van der Waals surface area contributed by atoms with Gasteiger partial charge in [0.1, 0.15) is 9.71 Å². The summed E-state index contributed by atoms with van der Waals surface area (Å²) in [6.07, 6.45) is 5.69. The minimum absolute atomic E-state index is 0.175. The smallest absolute Gasteiger partial charge is 0.267 e. The van der Waals surface area contributed by atoms with Crippen molar-refractivity contribution in [2.24, 2.45) is 0 Å². The van der Waals surface area contributed by atoms with E-state index < -0.39 is 0 Å². The largest absolute Gasteiger partial charge is 0.397 e. The summed E-state index contributed by atoms with van der Waals surface area (Å²) < 4.78 is 0. The summed E-state index contributed by atoms with van der Waals surface area (Å²) in [5.74, 6) is -0.175. The van der Waals surface area contributed by atoms with Crippen LogP contribution < -0.4 is 11.1 Å². The molecule has 5 heteroatoms. The Kier molecular flexibility index (Phi) is 4.24. The molecule has 4 aromatic rings. The van der Waals surface area contributed by atoms with Gasteiger partial charge in [0, 0.05) is 16.8 Å². The number of carbonyl (C=O) groups excluding carboxylic acids is 1. The zero-order valence-corrected chi connectivity index (χ0v) is 16.3. The third-order valence-electron chi connectivity index (χ3n) is 5.46. The highest BCUT2D eigenvalue weighted by molar-refractivity contribution is 7.21. The number of benzene rings is 2. The molecule has 0 saturated carbocycles. The van der Waals surface area contributed by atoms with Crippen LogP contribution in [0.3, 0.4) is 0 Å². The molecule has 5 rings (SSSR count). The number of pyridine rings is 1. The van der Waals surface area contributed by atoms with Crippen molar-refractivity contribution in [1.82, 2.24) is 4.98 Å². The third-order valence-corrected chi connectivity index (χ3v) is 6.58. The van der Waals surface area contributed by atoms with E-state index in [0.717, 1.165) is 39.5 Å². The molecule has 0 spiro atoms. The fraction of sp³-hybridized carbons (Fsp3) is 0.217. The number of hydrogen-bond acceptors (Lipinski definition) is 4. The van der Waals surface area contributed by atoms with Crippen LogP contribution in [0.5, 0.6) is 0 Å². The lowest BCUT2D eigenvalue weighted by atomic mass is 10.1. The quantitative estimate of drug-likeness (QED) is 0.443. The van der Waals surface area contributed by atoms with Crippen molar-refractivity contribution in [3.63, 3.8) is 0 Å². The molecule has 2 aromatic carbocycles. The molecule has 0 bridgehead atoms. The molecule has 0 aliphatic heterocycles. The summed E-state index contributed by atoms with van der Waals surface area (Å²) in [6, 6.07) is 16.2. The van der Waals surface area contributed by atoms with Gasteiger partial charge in [0.05, 0.1) is 5.69 Å². The highest BCUT2D eigenvalue weighted by Crippen LogP contribution is 2.35. The fourth-order valence-corrected chi connectivity index (χ4v) is 4.95. The molecule has 1 amide bonds. The summed E-state index contributed by atoms with van der Waals surface area (Å²) in [5.41, 5.74) is 10.1. The Balaban J connectivity index is 1.49. The van der Waals surface area contributed by atoms with Crippen molar-refractivity contribution in [3.8, 4) is 0 Å². The van der Waals surface area contributed by atoms with E-state index in [1.807, 2.05) is 36.4 Å². The average molecular weight is 388 g/mol. The van der Waals surface area contributed by atoms with E-state index >= 15 is 0 Å². The lowest BCUT2D eigenvalue weighted by Crippen LogP contribution is -2.11. The number of aromatic nitrogens is 1. The van der Waals surface area contributed by atoms with Gasteiger partial charge in [-0.1, -0.05) is 36.8 Å². The average Bonchev–Trinajstić information content (AvgIpc) is 2.88. The highest BCUT2D eigenvalue weighted by Gasteiger charge is 2.20. The Morgan fingerprint density at radius 1 is 1.00 bits per heavy atom. The normalized spacial score (nSPS) is 14.0. The monoisotopic (exact) mass is 387 g/mol. The van der Waals surface area contributed by atoms with Crippen LogP contribution in [0.2, 0.25) is 0 Å². The Labute approximate surface area is 167 Å². The van der Waals surface area contributed by atoms with Gasteiger partial charge in [-0.15, -0.1) is 11.3 Å². The van der Waals surface area contributed by atoms with Crippen LogP contribution >= 0.6 is 11.3 Å². The van der Waals surface area contributed by atoms with Gasteiger partial charge in [-0.2, -0.15) is 0 Å². The number of thiophene rings is 1. The molecule has 4 nitrogen and oxygen atoms in total. The lowest BCUT2D eigenvalue weighted by molar-refractivity contribution is 0.103. The molecule has 2 heterocycles. The maximum Gasteiger partial charge on any atom is 0.267 e. The second-order valence-corrected chi connectivity index (χ2v) is 8.37. The standard InChI is InChI=1S/C23H21N3OS/c24-20-18-13-16-8-2-1-3-9-19(16)26-23(18)28-21(20)22(27)25-17-11-10-14-6-4-5-7-15(14)12-17/h4-7,10-13H,1-3,8-9,24H2,(H,25,27). The molecule has 0 unspecified atom stereocenters. The first-order valence-corrected chi connectivity index (χ1v) is 10.5. The summed E-state index contributed by atoms with van der Waals surface area (Å²) in [5, 5.41) is 6.15. The molecule has 3 N–H and O–H groups in total. The van der Waals surface area contributed by atoms with E-state index in [-0.39, 0.29) is 5.91 Å². The minimum Gasteiger partial charge on any atom is -0.397 e. The Morgan fingerprint density at radius 2 is 1.82 bits per heavy atom. The van der Waals surface area contributed by atoms with E-state index in [1.165, 1.54) is 41.9 Å². The SMILES string of the molecule is Nc1c(C(=O)Nc2ccc3ccccc3c2)sc2nc3c(cc12)CCCCC3. The first kappa shape index (κ1) is 17.2. The van der Waals surface area contributed by atoms with E-state index in [9.17, 15) is 4.79 Å². The summed E-state index contributed by atoms with van der Waals surface area (Å²) in [6.45, 7) is 0. The third kappa shape index (κ3) is 3.02. The predicted octanol–water partition coefficient (Wildman–Crippen LogP) is 5.55. The molecule has 28 heavy (non-hydrogen) atoms.